The fraction of sp³-hybridized carbons (Fsp3) is 0.556. The van der Waals surface area contributed by atoms with Gasteiger partial charge in [-0.15, -0.1) is 6.58 Å². The third kappa shape index (κ3) is 4.01. The van der Waals surface area contributed by atoms with E-state index in [-0.39, 0.29) is 0 Å². The van der Waals surface area contributed by atoms with Crippen LogP contribution in [-0.4, -0.2) is 0 Å². The van der Waals surface area contributed by atoms with Crippen LogP contribution in [-0.2, 0) is 0 Å². The van der Waals surface area contributed by atoms with Crippen molar-refractivity contribution in [3.63, 3.8) is 0 Å². The fourth-order valence-corrected chi connectivity index (χ4v) is 0.891. The maximum Gasteiger partial charge on any atom is -0.0141 e. The molecule has 0 aromatic carbocycles. The molecule has 9 heavy (non-hydrogen) atoms. The van der Waals surface area contributed by atoms with E-state index in [1.165, 1.54) is 0 Å². The largest absolute Gasteiger partial charge is 0.103 e. The van der Waals surface area contributed by atoms with E-state index in [9.17, 15) is 0 Å². The maximum atomic E-state index is 3.69. The van der Waals surface area contributed by atoms with Gasteiger partial charge in [-0.1, -0.05) is 32.1 Å². The number of hydrogen-bond acceptors (Lipinski definition) is 0. The van der Waals surface area contributed by atoms with Crippen LogP contribution in [0, 0.1) is 5.41 Å². The molecule has 0 spiro atoms. The van der Waals surface area contributed by atoms with Crippen LogP contribution in [0.25, 0.3) is 0 Å². The summed E-state index contributed by atoms with van der Waals surface area (Å²) in [7, 11) is 0. The molecule has 0 saturated carbocycles. The van der Waals surface area contributed by atoms with Gasteiger partial charge in [0.15, 0.2) is 0 Å². The van der Waals surface area contributed by atoms with Crippen LogP contribution in [0.4, 0.5) is 0 Å². The molecule has 0 N–H and O–H groups in total. The average Bonchev–Trinajstić information content (AvgIpc) is 1.64. The molecular formula is C9H16. The molecule has 0 fully saturated rings. The Labute approximate surface area is 58.3 Å². The molecular weight excluding hydrogens is 108 g/mol. The molecule has 52 valence electrons. The van der Waals surface area contributed by atoms with Gasteiger partial charge in [0.2, 0.25) is 0 Å². The van der Waals surface area contributed by atoms with E-state index >= 15 is 0 Å². The molecule has 0 nitrogen and oxygen atoms in total. The van der Waals surface area contributed by atoms with Crippen molar-refractivity contribution in [3.05, 3.63) is 24.8 Å². The number of allylic oxidation sites excluding steroid dienone is 3. The van der Waals surface area contributed by atoms with Gasteiger partial charge < -0.3 is 0 Å². The number of hydrogen-bond donors (Lipinski definition) is 0. The van der Waals surface area contributed by atoms with Gasteiger partial charge in [0.05, 0.1) is 0 Å². The molecule has 0 saturated heterocycles. The molecule has 0 rings (SSSR count). The van der Waals surface area contributed by atoms with Crippen molar-refractivity contribution in [3.8, 4) is 0 Å². The third-order valence-electron chi connectivity index (χ3n) is 1.29. The minimum atomic E-state index is 0.302. The van der Waals surface area contributed by atoms with Crippen LogP contribution in [0.2, 0.25) is 0 Å². The monoisotopic (exact) mass is 124 g/mol. The topological polar surface area (TPSA) is 0 Å². The van der Waals surface area contributed by atoms with Crippen LogP contribution < -0.4 is 0 Å². The standard InChI is InChI=1S/C9H16/c1-5-7-9(3,4)8-6-2/h5-6,8H,1,7H2,2-4H3. The molecule has 0 radical (unpaired) electrons. The quantitative estimate of drug-likeness (QED) is 0.507. The Balaban J connectivity index is 3.84. The van der Waals surface area contributed by atoms with E-state index in [0.29, 0.717) is 5.41 Å². The van der Waals surface area contributed by atoms with Gasteiger partial charge >= 0.3 is 0 Å². The summed E-state index contributed by atoms with van der Waals surface area (Å²) in [5, 5.41) is 0. The molecule has 0 aromatic heterocycles. The normalized spacial score (nSPS) is 12.3. The summed E-state index contributed by atoms with van der Waals surface area (Å²) in [5.41, 5.74) is 0.302. The summed E-state index contributed by atoms with van der Waals surface area (Å²) in [4.78, 5) is 0. The Morgan fingerprint density at radius 1 is 1.44 bits per heavy atom. The van der Waals surface area contributed by atoms with E-state index in [0.717, 1.165) is 6.42 Å². The van der Waals surface area contributed by atoms with Crippen LogP contribution in [0.15, 0.2) is 24.8 Å². The minimum absolute atomic E-state index is 0.302. The third-order valence-corrected chi connectivity index (χ3v) is 1.29. The molecule has 0 aromatic rings. The summed E-state index contributed by atoms with van der Waals surface area (Å²) in [6.07, 6.45) is 7.30. The Kier molecular flexibility index (Phi) is 3.29. The van der Waals surface area contributed by atoms with E-state index in [4.69, 9.17) is 0 Å². The summed E-state index contributed by atoms with van der Waals surface area (Å²) < 4.78 is 0. The van der Waals surface area contributed by atoms with Crippen LogP contribution >= 0.6 is 0 Å². The molecule has 0 aliphatic heterocycles. The van der Waals surface area contributed by atoms with Crippen molar-refractivity contribution in [1.82, 2.24) is 0 Å². The molecule has 0 unspecified atom stereocenters. The zero-order valence-corrected chi connectivity index (χ0v) is 6.65. The Morgan fingerprint density at radius 3 is 2.33 bits per heavy atom. The van der Waals surface area contributed by atoms with Gasteiger partial charge in [0.25, 0.3) is 0 Å². The van der Waals surface area contributed by atoms with Crippen molar-refractivity contribution in [1.29, 1.82) is 0 Å². The highest BCUT2D eigenvalue weighted by atomic mass is 14.1. The first-order valence-corrected chi connectivity index (χ1v) is 3.37. The van der Waals surface area contributed by atoms with Crippen LogP contribution in [0.5, 0.6) is 0 Å². The van der Waals surface area contributed by atoms with Gasteiger partial charge in [-0.3, -0.25) is 0 Å². The summed E-state index contributed by atoms with van der Waals surface area (Å²) in [6.45, 7) is 10.1. The minimum Gasteiger partial charge on any atom is -0.103 e. The van der Waals surface area contributed by atoms with E-state index in [1.807, 2.05) is 13.0 Å². The molecule has 0 amide bonds. The molecule has 0 heteroatoms. The van der Waals surface area contributed by atoms with E-state index in [2.05, 4.69) is 32.6 Å². The predicted octanol–water partition coefficient (Wildman–Crippen LogP) is 3.16. The molecule has 0 aliphatic carbocycles. The predicted molar refractivity (Wildman–Crippen MR) is 43.4 cm³/mol. The highest BCUT2D eigenvalue weighted by Crippen LogP contribution is 2.21. The fourth-order valence-electron chi connectivity index (χ4n) is 0.891. The first kappa shape index (κ1) is 8.48. The summed E-state index contributed by atoms with van der Waals surface area (Å²) >= 11 is 0. The number of rotatable bonds is 3. The van der Waals surface area contributed by atoms with Crippen LogP contribution in [0.3, 0.4) is 0 Å². The second-order valence-corrected chi connectivity index (χ2v) is 2.98. The molecule has 0 bridgehead atoms. The van der Waals surface area contributed by atoms with Crippen molar-refractivity contribution in [2.75, 3.05) is 0 Å². The highest BCUT2D eigenvalue weighted by molar-refractivity contribution is 4.96. The van der Waals surface area contributed by atoms with Gasteiger partial charge in [0, 0.05) is 0 Å². The lowest BCUT2D eigenvalue weighted by Gasteiger charge is -2.16. The highest BCUT2D eigenvalue weighted by Gasteiger charge is 2.09. The van der Waals surface area contributed by atoms with Crippen LogP contribution in [0.1, 0.15) is 27.2 Å². The molecule has 0 aliphatic rings. The lowest BCUT2D eigenvalue weighted by Crippen LogP contribution is -2.04. The maximum absolute atomic E-state index is 3.69. The Bertz CT molecular complexity index is 107. The van der Waals surface area contributed by atoms with Gasteiger partial charge in [-0.2, -0.15) is 0 Å². The van der Waals surface area contributed by atoms with E-state index < -0.39 is 0 Å². The molecule has 0 heterocycles. The van der Waals surface area contributed by atoms with E-state index in [1.54, 1.807) is 0 Å². The first-order valence-electron chi connectivity index (χ1n) is 3.37. The smallest absolute Gasteiger partial charge is 0.0141 e. The lowest BCUT2D eigenvalue weighted by atomic mass is 9.89. The van der Waals surface area contributed by atoms with Gasteiger partial charge in [-0.25, -0.2) is 0 Å². The van der Waals surface area contributed by atoms with Crippen molar-refractivity contribution < 1.29 is 0 Å². The zero-order valence-electron chi connectivity index (χ0n) is 6.65. The second-order valence-electron chi connectivity index (χ2n) is 2.98. The van der Waals surface area contributed by atoms with Crippen molar-refractivity contribution in [2.24, 2.45) is 5.41 Å². The van der Waals surface area contributed by atoms with Gasteiger partial charge in [0.1, 0.15) is 0 Å². The lowest BCUT2D eigenvalue weighted by molar-refractivity contribution is 0.488. The van der Waals surface area contributed by atoms with Crippen molar-refractivity contribution in [2.45, 2.75) is 27.2 Å². The Morgan fingerprint density at radius 2 is 2.00 bits per heavy atom. The summed E-state index contributed by atoms with van der Waals surface area (Å²) in [5.74, 6) is 0. The summed E-state index contributed by atoms with van der Waals surface area (Å²) in [6, 6.07) is 0. The first-order chi connectivity index (χ1) is 4.12. The molecule has 0 atom stereocenters. The second kappa shape index (κ2) is 3.49. The SMILES string of the molecule is C=CCC(C)(C)C=CC. The van der Waals surface area contributed by atoms with Crippen molar-refractivity contribution >= 4 is 0 Å². The Hall–Kier alpha value is -0.520. The van der Waals surface area contributed by atoms with Gasteiger partial charge in [-0.05, 0) is 18.8 Å². The average molecular weight is 124 g/mol. The zero-order chi connectivity index (χ0) is 7.33.